The van der Waals surface area contributed by atoms with Crippen molar-refractivity contribution in [2.45, 2.75) is 35.8 Å². The van der Waals surface area contributed by atoms with E-state index >= 15 is 0 Å². The van der Waals surface area contributed by atoms with Crippen LogP contribution in [-0.4, -0.2) is 154 Å². The molecule has 2 aromatic rings. The minimum absolute atomic E-state index is 0.0342. The lowest BCUT2D eigenvalue weighted by Crippen LogP contribution is -2.51. The maximum absolute atomic E-state index is 13.2. The highest BCUT2D eigenvalue weighted by Gasteiger charge is 2.25. The second-order valence-corrected chi connectivity index (χ2v) is 13.3. The fraction of sp³-hybridized carbons (Fsp3) is 0.562. The van der Waals surface area contributed by atoms with Crippen molar-refractivity contribution >= 4 is 22.0 Å². The molecule has 14 nitrogen and oxygen atoms in total. The number of β-amino-alcohol motifs (C(OH)–C–C–N with tert-alkyl or cyclic N) is 2. The van der Waals surface area contributed by atoms with Crippen molar-refractivity contribution in [1.82, 2.24) is 19.6 Å². The standard InChI is InChI=1S/C32H46N4O10S/c1-3-43-31(39)35-17-13-33(14-18-35)21-25(37)23-45-27-5-9-29(10-6-27)47(41,42)30-11-7-28(8-12-30)46-24-26(38)22-34-15-19-36(20-16-34)32(40)44-4-2/h5-12,25-26,37-38H,3-4,13-24H2,1-2H3. The largest absolute Gasteiger partial charge is 0.491 e. The summed E-state index contributed by atoms with van der Waals surface area (Å²) in [5.41, 5.74) is 0. The van der Waals surface area contributed by atoms with Crippen LogP contribution in [-0.2, 0) is 19.3 Å². The fourth-order valence-electron chi connectivity index (χ4n) is 5.31. The van der Waals surface area contributed by atoms with Gasteiger partial charge in [-0.3, -0.25) is 9.80 Å². The molecule has 0 spiro atoms. The number of carbonyl (C=O) groups is 2. The number of amides is 2. The van der Waals surface area contributed by atoms with Crippen molar-refractivity contribution in [2.75, 3.05) is 91.9 Å². The number of aliphatic hydroxyl groups is 2. The molecule has 2 aliphatic rings. The molecular weight excluding hydrogens is 632 g/mol. The summed E-state index contributed by atoms with van der Waals surface area (Å²) in [5, 5.41) is 20.9. The van der Waals surface area contributed by atoms with Gasteiger partial charge in [0.25, 0.3) is 0 Å². The zero-order valence-corrected chi connectivity index (χ0v) is 27.8. The second-order valence-electron chi connectivity index (χ2n) is 11.3. The third kappa shape index (κ3) is 10.7. The van der Waals surface area contributed by atoms with Crippen molar-refractivity contribution in [1.29, 1.82) is 0 Å². The molecule has 2 saturated heterocycles. The first-order valence-corrected chi connectivity index (χ1v) is 17.4. The number of nitrogens with zero attached hydrogens (tertiary/aromatic N) is 4. The Bertz CT molecular complexity index is 1280. The Morgan fingerprint density at radius 2 is 0.979 bits per heavy atom. The van der Waals surface area contributed by atoms with Crippen molar-refractivity contribution in [2.24, 2.45) is 0 Å². The number of benzene rings is 2. The lowest BCUT2D eigenvalue weighted by atomic mass is 10.2. The number of sulfone groups is 1. The predicted molar refractivity (Wildman–Crippen MR) is 171 cm³/mol. The van der Waals surface area contributed by atoms with Gasteiger partial charge in [-0.05, 0) is 62.4 Å². The number of ether oxygens (including phenoxy) is 4. The molecule has 2 fully saturated rings. The van der Waals surface area contributed by atoms with E-state index in [9.17, 15) is 28.2 Å². The van der Waals surface area contributed by atoms with E-state index in [4.69, 9.17) is 18.9 Å². The van der Waals surface area contributed by atoms with Gasteiger partial charge in [0, 0.05) is 65.4 Å². The van der Waals surface area contributed by atoms with E-state index in [1.54, 1.807) is 47.9 Å². The normalized spacial score (nSPS) is 17.5. The Morgan fingerprint density at radius 1 is 0.638 bits per heavy atom. The minimum Gasteiger partial charge on any atom is -0.491 e. The van der Waals surface area contributed by atoms with Gasteiger partial charge in [0.1, 0.15) is 36.9 Å². The van der Waals surface area contributed by atoms with E-state index in [0.29, 0.717) is 90.2 Å². The van der Waals surface area contributed by atoms with Crippen LogP contribution in [0.3, 0.4) is 0 Å². The third-order valence-electron chi connectivity index (χ3n) is 7.89. The van der Waals surface area contributed by atoms with Gasteiger partial charge < -0.3 is 39.0 Å². The van der Waals surface area contributed by atoms with E-state index in [-0.39, 0.29) is 35.2 Å². The molecule has 2 amide bonds. The molecular formula is C32H46N4O10S. The monoisotopic (exact) mass is 678 g/mol. The first kappa shape index (κ1) is 36.2. The zero-order chi connectivity index (χ0) is 33.8. The minimum atomic E-state index is -3.80. The van der Waals surface area contributed by atoms with E-state index in [2.05, 4.69) is 9.80 Å². The summed E-state index contributed by atoms with van der Waals surface area (Å²) < 4.78 is 47.8. The quantitative estimate of drug-likeness (QED) is 0.298. The number of aliphatic hydroxyl groups excluding tert-OH is 2. The molecule has 260 valence electrons. The van der Waals surface area contributed by atoms with E-state index < -0.39 is 22.0 Å². The summed E-state index contributed by atoms with van der Waals surface area (Å²) >= 11 is 0. The molecule has 15 heteroatoms. The average Bonchev–Trinajstić information content (AvgIpc) is 3.07. The number of piperazine rings is 2. The summed E-state index contributed by atoms with van der Waals surface area (Å²) in [6, 6.07) is 12.0. The molecule has 0 bridgehead atoms. The molecule has 2 aliphatic heterocycles. The van der Waals surface area contributed by atoms with Gasteiger partial charge >= 0.3 is 12.2 Å². The van der Waals surface area contributed by atoms with Crippen LogP contribution >= 0.6 is 0 Å². The van der Waals surface area contributed by atoms with Gasteiger partial charge in [0.05, 0.1) is 23.0 Å². The van der Waals surface area contributed by atoms with E-state index in [0.717, 1.165) is 0 Å². The highest BCUT2D eigenvalue weighted by Crippen LogP contribution is 2.25. The van der Waals surface area contributed by atoms with Gasteiger partial charge in [0.2, 0.25) is 9.84 Å². The number of hydrogen-bond donors (Lipinski definition) is 2. The SMILES string of the molecule is CCOC(=O)N1CCN(CC(O)COc2ccc(S(=O)(=O)c3ccc(OCC(O)CN4CCN(C(=O)OCC)CC4)cc3)cc2)CC1. The molecule has 2 heterocycles. The van der Waals surface area contributed by atoms with Crippen LogP contribution in [0.4, 0.5) is 9.59 Å². The highest BCUT2D eigenvalue weighted by molar-refractivity contribution is 7.91. The number of carbonyl (C=O) groups excluding carboxylic acids is 2. The Kier molecular flexibility index (Phi) is 13.5. The number of rotatable bonds is 14. The highest BCUT2D eigenvalue weighted by atomic mass is 32.2. The smallest absolute Gasteiger partial charge is 0.409 e. The molecule has 2 atom stereocenters. The predicted octanol–water partition coefficient (Wildman–Crippen LogP) is 1.55. The van der Waals surface area contributed by atoms with Crippen LogP contribution in [0.1, 0.15) is 13.8 Å². The topological polar surface area (TPSA) is 159 Å². The molecule has 0 aliphatic carbocycles. The molecule has 4 rings (SSSR count). The van der Waals surface area contributed by atoms with Crippen LogP contribution in [0.5, 0.6) is 11.5 Å². The Labute approximate surface area is 276 Å². The summed E-state index contributed by atoms with van der Waals surface area (Å²) in [4.78, 5) is 31.3. The summed E-state index contributed by atoms with van der Waals surface area (Å²) in [6.07, 6.45) is -2.17. The lowest BCUT2D eigenvalue weighted by molar-refractivity contribution is 0.0404. The van der Waals surface area contributed by atoms with Crippen LogP contribution in [0.25, 0.3) is 0 Å². The Morgan fingerprint density at radius 3 is 1.30 bits per heavy atom. The first-order chi connectivity index (χ1) is 22.6. The second kappa shape index (κ2) is 17.5. The van der Waals surface area contributed by atoms with Gasteiger partial charge in [-0.15, -0.1) is 0 Å². The van der Waals surface area contributed by atoms with Crippen molar-refractivity contribution in [3.63, 3.8) is 0 Å². The average molecular weight is 679 g/mol. The van der Waals surface area contributed by atoms with Gasteiger partial charge in [-0.2, -0.15) is 0 Å². The molecule has 2 N–H and O–H groups in total. The van der Waals surface area contributed by atoms with Crippen molar-refractivity contribution in [3.8, 4) is 11.5 Å². The van der Waals surface area contributed by atoms with Crippen LogP contribution in [0, 0.1) is 0 Å². The summed E-state index contributed by atoms with van der Waals surface area (Å²) in [5.74, 6) is 0.858. The molecule has 2 unspecified atom stereocenters. The van der Waals surface area contributed by atoms with Crippen LogP contribution in [0.2, 0.25) is 0 Å². The van der Waals surface area contributed by atoms with E-state index in [1.807, 2.05) is 0 Å². The maximum Gasteiger partial charge on any atom is 0.409 e. The van der Waals surface area contributed by atoms with Crippen LogP contribution in [0.15, 0.2) is 58.3 Å². The lowest BCUT2D eigenvalue weighted by Gasteiger charge is -2.34. The van der Waals surface area contributed by atoms with Crippen LogP contribution < -0.4 is 9.47 Å². The van der Waals surface area contributed by atoms with Gasteiger partial charge in [0.15, 0.2) is 0 Å². The zero-order valence-electron chi connectivity index (χ0n) is 27.0. The molecule has 0 aromatic heterocycles. The van der Waals surface area contributed by atoms with Gasteiger partial charge in [-0.1, -0.05) is 0 Å². The molecule has 0 radical (unpaired) electrons. The first-order valence-electron chi connectivity index (χ1n) is 15.9. The number of hydrogen-bond acceptors (Lipinski definition) is 12. The third-order valence-corrected chi connectivity index (χ3v) is 9.67. The van der Waals surface area contributed by atoms with Crippen molar-refractivity contribution in [3.05, 3.63) is 48.5 Å². The van der Waals surface area contributed by atoms with E-state index in [1.165, 1.54) is 24.3 Å². The maximum atomic E-state index is 13.2. The fourth-order valence-corrected chi connectivity index (χ4v) is 6.57. The Hall–Kier alpha value is -3.63. The summed E-state index contributed by atoms with van der Waals surface area (Å²) in [6.45, 7) is 9.65. The molecule has 0 saturated carbocycles. The Balaban J connectivity index is 1.18. The van der Waals surface area contributed by atoms with Crippen molar-refractivity contribution < 1.29 is 47.2 Å². The van der Waals surface area contributed by atoms with Gasteiger partial charge in [-0.25, -0.2) is 18.0 Å². The molecule has 2 aromatic carbocycles. The molecule has 47 heavy (non-hydrogen) atoms. The summed E-state index contributed by atoms with van der Waals surface area (Å²) in [7, 11) is -3.80.